The summed E-state index contributed by atoms with van der Waals surface area (Å²) in [6, 6.07) is 0. The van der Waals surface area contributed by atoms with Gasteiger partial charge in [0.2, 0.25) is 0 Å². The highest BCUT2D eigenvalue weighted by molar-refractivity contribution is 4.95. The highest BCUT2D eigenvalue weighted by atomic mass is 19.2. The first-order valence-corrected chi connectivity index (χ1v) is 11.5. The predicted octanol–water partition coefficient (Wildman–Crippen LogP) is 6.89. The van der Waals surface area contributed by atoms with Crippen LogP contribution in [0.25, 0.3) is 0 Å². The molecular weight excluding hydrogens is 330 g/mol. The van der Waals surface area contributed by atoms with Gasteiger partial charge in [-0.15, -0.1) is 0 Å². The number of alkyl halides is 2. The van der Waals surface area contributed by atoms with Crippen molar-refractivity contribution in [2.24, 2.45) is 29.6 Å². The monoisotopic (exact) mass is 370 g/mol. The van der Waals surface area contributed by atoms with Crippen LogP contribution < -0.4 is 0 Å². The van der Waals surface area contributed by atoms with E-state index in [9.17, 15) is 0 Å². The van der Waals surface area contributed by atoms with Gasteiger partial charge in [0, 0.05) is 6.61 Å². The first-order valence-electron chi connectivity index (χ1n) is 11.5. The minimum atomic E-state index is -1.23. The standard InChI is InChI=1S/C23H40F2O/c1-3-5-16-6-8-17(9-7-16)20-14-15-21(23(25)22(20)24)18-10-12-19(13-11-18)26-4-2/h16-23H,3-15H2,1-2H3. The third kappa shape index (κ3) is 4.80. The van der Waals surface area contributed by atoms with Gasteiger partial charge in [-0.2, -0.15) is 0 Å². The Morgan fingerprint density at radius 1 is 0.692 bits per heavy atom. The van der Waals surface area contributed by atoms with Crippen molar-refractivity contribution in [1.29, 1.82) is 0 Å². The Kier molecular flexibility index (Phi) is 7.78. The van der Waals surface area contributed by atoms with E-state index in [0.29, 0.717) is 17.9 Å². The number of hydrogen-bond acceptors (Lipinski definition) is 1. The van der Waals surface area contributed by atoms with E-state index in [2.05, 4.69) is 6.92 Å². The van der Waals surface area contributed by atoms with E-state index in [-0.39, 0.29) is 11.8 Å². The first-order chi connectivity index (χ1) is 12.6. The maximum atomic E-state index is 15.1. The molecule has 0 N–H and O–H groups in total. The van der Waals surface area contributed by atoms with Gasteiger partial charge in [-0.1, -0.05) is 32.6 Å². The van der Waals surface area contributed by atoms with Crippen LogP contribution in [0, 0.1) is 29.6 Å². The van der Waals surface area contributed by atoms with E-state index in [4.69, 9.17) is 4.74 Å². The topological polar surface area (TPSA) is 9.23 Å². The second kappa shape index (κ2) is 9.85. The predicted molar refractivity (Wildman–Crippen MR) is 104 cm³/mol. The number of halogens is 2. The number of rotatable bonds is 6. The molecule has 0 saturated heterocycles. The van der Waals surface area contributed by atoms with E-state index in [1.165, 1.54) is 25.7 Å². The van der Waals surface area contributed by atoms with Crippen LogP contribution >= 0.6 is 0 Å². The summed E-state index contributed by atoms with van der Waals surface area (Å²) in [4.78, 5) is 0. The Balaban J connectivity index is 1.49. The second-order valence-electron chi connectivity index (χ2n) is 9.36. The van der Waals surface area contributed by atoms with Crippen molar-refractivity contribution in [1.82, 2.24) is 0 Å². The van der Waals surface area contributed by atoms with Gasteiger partial charge in [0.25, 0.3) is 0 Å². The quantitative estimate of drug-likeness (QED) is 0.494. The Hall–Kier alpha value is -0.180. The van der Waals surface area contributed by atoms with Gasteiger partial charge >= 0.3 is 0 Å². The molecule has 26 heavy (non-hydrogen) atoms. The maximum Gasteiger partial charge on any atom is 0.134 e. The average Bonchev–Trinajstić information content (AvgIpc) is 2.66. The minimum Gasteiger partial charge on any atom is -0.379 e. The largest absolute Gasteiger partial charge is 0.379 e. The van der Waals surface area contributed by atoms with Crippen LogP contribution in [0.3, 0.4) is 0 Å². The molecular formula is C23H40F2O. The molecule has 3 aliphatic carbocycles. The molecule has 0 heterocycles. The Morgan fingerprint density at radius 2 is 1.19 bits per heavy atom. The molecule has 3 rings (SSSR count). The van der Waals surface area contributed by atoms with Crippen molar-refractivity contribution in [3.05, 3.63) is 0 Å². The summed E-state index contributed by atoms with van der Waals surface area (Å²) in [5.41, 5.74) is 0. The molecule has 4 unspecified atom stereocenters. The molecule has 152 valence electrons. The van der Waals surface area contributed by atoms with E-state index < -0.39 is 12.3 Å². The summed E-state index contributed by atoms with van der Waals surface area (Å²) in [5, 5.41) is 0. The molecule has 0 aliphatic heterocycles. The zero-order valence-electron chi connectivity index (χ0n) is 17.0. The molecule has 0 aromatic rings. The maximum absolute atomic E-state index is 15.1. The fraction of sp³-hybridized carbons (Fsp3) is 1.00. The Labute approximate surface area is 159 Å². The van der Waals surface area contributed by atoms with Gasteiger partial charge < -0.3 is 4.74 Å². The van der Waals surface area contributed by atoms with Crippen molar-refractivity contribution in [3.63, 3.8) is 0 Å². The molecule has 0 amide bonds. The molecule has 3 fully saturated rings. The molecule has 3 heteroatoms. The highest BCUT2D eigenvalue weighted by Crippen LogP contribution is 2.48. The van der Waals surface area contributed by atoms with Crippen LogP contribution in [0.2, 0.25) is 0 Å². The summed E-state index contributed by atoms with van der Waals surface area (Å²) >= 11 is 0. The van der Waals surface area contributed by atoms with Gasteiger partial charge in [0.1, 0.15) is 12.3 Å². The summed E-state index contributed by atoms with van der Waals surface area (Å²) in [6.45, 7) is 5.05. The average molecular weight is 371 g/mol. The van der Waals surface area contributed by atoms with Crippen molar-refractivity contribution < 1.29 is 13.5 Å². The third-order valence-corrected chi connectivity index (χ3v) is 7.88. The molecule has 3 saturated carbocycles. The summed E-state index contributed by atoms with van der Waals surface area (Å²) in [6.07, 6.45) is 11.2. The van der Waals surface area contributed by atoms with Crippen molar-refractivity contribution >= 4 is 0 Å². The molecule has 0 bridgehead atoms. The van der Waals surface area contributed by atoms with E-state index >= 15 is 8.78 Å². The third-order valence-electron chi connectivity index (χ3n) is 7.88. The van der Waals surface area contributed by atoms with Gasteiger partial charge in [-0.3, -0.25) is 0 Å². The Morgan fingerprint density at radius 3 is 1.65 bits per heavy atom. The van der Waals surface area contributed by atoms with Crippen molar-refractivity contribution in [2.75, 3.05) is 6.61 Å². The molecule has 3 aliphatic rings. The zero-order valence-corrected chi connectivity index (χ0v) is 17.0. The lowest BCUT2D eigenvalue weighted by Crippen LogP contribution is -2.45. The SMILES string of the molecule is CCCC1CCC(C2CCC(C3CCC(OCC)CC3)C(F)C2F)CC1. The van der Waals surface area contributed by atoms with E-state index in [1.807, 2.05) is 6.92 Å². The van der Waals surface area contributed by atoms with Crippen LogP contribution in [0.4, 0.5) is 8.78 Å². The minimum absolute atomic E-state index is 0.0106. The molecule has 1 nitrogen and oxygen atoms in total. The van der Waals surface area contributed by atoms with Crippen LogP contribution in [0.15, 0.2) is 0 Å². The summed E-state index contributed by atoms with van der Waals surface area (Å²) < 4.78 is 35.9. The normalized spacial score (nSPS) is 44.8. The van der Waals surface area contributed by atoms with Crippen LogP contribution in [-0.2, 0) is 4.74 Å². The number of hydrogen-bond donors (Lipinski definition) is 0. The fourth-order valence-corrected chi connectivity index (χ4v) is 6.40. The molecule has 0 aromatic heterocycles. The number of ether oxygens (including phenoxy) is 1. The fourth-order valence-electron chi connectivity index (χ4n) is 6.40. The van der Waals surface area contributed by atoms with Crippen molar-refractivity contribution in [3.8, 4) is 0 Å². The Bertz CT molecular complexity index is 361. The lowest BCUT2D eigenvalue weighted by molar-refractivity contribution is -0.0473. The molecule has 0 aromatic carbocycles. The molecule has 0 spiro atoms. The van der Waals surface area contributed by atoms with Gasteiger partial charge in [-0.25, -0.2) is 8.78 Å². The molecule has 4 atom stereocenters. The van der Waals surface area contributed by atoms with Crippen LogP contribution in [-0.4, -0.2) is 25.1 Å². The van der Waals surface area contributed by atoms with Crippen LogP contribution in [0.1, 0.15) is 90.9 Å². The molecule has 0 radical (unpaired) electrons. The van der Waals surface area contributed by atoms with Gasteiger partial charge in [-0.05, 0) is 87.9 Å². The summed E-state index contributed by atoms with van der Waals surface area (Å²) in [5.74, 6) is 1.60. The lowest BCUT2D eigenvalue weighted by atomic mass is 9.64. The van der Waals surface area contributed by atoms with Gasteiger partial charge in [0.05, 0.1) is 6.10 Å². The van der Waals surface area contributed by atoms with E-state index in [0.717, 1.165) is 63.9 Å². The first kappa shape index (κ1) is 20.6. The van der Waals surface area contributed by atoms with Crippen LogP contribution in [0.5, 0.6) is 0 Å². The lowest BCUT2D eigenvalue weighted by Gasteiger charge is -2.44. The zero-order chi connectivity index (χ0) is 18.5. The van der Waals surface area contributed by atoms with E-state index in [1.54, 1.807) is 0 Å². The van der Waals surface area contributed by atoms with Gasteiger partial charge in [0.15, 0.2) is 0 Å². The smallest absolute Gasteiger partial charge is 0.134 e. The summed E-state index contributed by atoms with van der Waals surface area (Å²) in [7, 11) is 0. The second-order valence-corrected chi connectivity index (χ2v) is 9.36. The van der Waals surface area contributed by atoms with Crippen molar-refractivity contribution in [2.45, 2.75) is 109 Å². The highest BCUT2D eigenvalue weighted by Gasteiger charge is 2.46.